The van der Waals surface area contributed by atoms with Crippen LogP contribution in [0.3, 0.4) is 0 Å². The number of unbranched alkanes of at least 4 members (excludes halogenated alkanes) is 1. The second-order valence-electron chi connectivity index (χ2n) is 13.6. The number of hydrogen-bond donors (Lipinski definition) is 0. The zero-order valence-electron chi connectivity index (χ0n) is 28.7. The highest BCUT2D eigenvalue weighted by molar-refractivity contribution is 6.05. The summed E-state index contributed by atoms with van der Waals surface area (Å²) in [5, 5.41) is 0. The number of carbonyl (C=O) groups excluding carboxylic acids is 1. The number of aliphatic imine (C=N–C) groups is 1. The average molecular weight is 590 g/mol. The lowest BCUT2D eigenvalue weighted by molar-refractivity contribution is -0.00419. The van der Waals surface area contributed by atoms with Crippen molar-refractivity contribution in [1.29, 1.82) is 0 Å². The van der Waals surface area contributed by atoms with Crippen molar-refractivity contribution < 1.29 is 9.53 Å². The highest BCUT2D eigenvalue weighted by atomic mass is 16.6. The molecule has 0 aromatic carbocycles. The average Bonchev–Trinajstić information content (AvgIpc) is 3.80. The lowest BCUT2D eigenvalue weighted by Crippen LogP contribution is -2.58. The SMILES string of the molecule is C=CN=C(CCCCC1=CC(CC)=CC=CC1CC)C(/C(=C\C)C1CC1)=C(\C)N1C[C@@H](C)N(C(=O)OC(C)(C)C)CC1C. The minimum absolute atomic E-state index is 0.0486. The molecular formula is C38H59N3O2. The minimum atomic E-state index is -0.503. The number of ether oxygens (including phenoxy) is 1. The van der Waals surface area contributed by atoms with Gasteiger partial charge in [-0.15, -0.1) is 0 Å². The number of piperazine rings is 1. The molecule has 0 aromatic heterocycles. The predicted octanol–water partition coefficient (Wildman–Crippen LogP) is 9.95. The van der Waals surface area contributed by atoms with Crippen LogP contribution in [0.15, 0.2) is 76.1 Å². The van der Waals surface area contributed by atoms with E-state index >= 15 is 0 Å². The molecule has 238 valence electrons. The van der Waals surface area contributed by atoms with Crippen LogP contribution in [-0.2, 0) is 4.74 Å². The summed E-state index contributed by atoms with van der Waals surface area (Å²) in [7, 11) is 0. The van der Waals surface area contributed by atoms with Gasteiger partial charge in [0.2, 0.25) is 0 Å². The first-order chi connectivity index (χ1) is 20.4. The summed E-state index contributed by atoms with van der Waals surface area (Å²) in [5.74, 6) is 1.14. The van der Waals surface area contributed by atoms with Gasteiger partial charge in [0.1, 0.15) is 5.60 Å². The largest absolute Gasteiger partial charge is 0.444 e. The Hall–Kier alpha value is -2.82. The molecule has 1 saturated heterocycles. The maximum atomic E-state index is 13.0. The third-order valence-corrected chi connectivity index (χ3v) is 9.04. The Kier molecular flexibility index (Phi) is 12.7. The van der Waals surface area contributed by atoms with Crippen LogP contribution in [-0.4, -0.2) is 52.4 Å². The van der Waals surface area contributed by atoms with Crippen LogP contribution in [0.25, 0.3) is 0 Å². The highest BCUT2D eigenvalue weighted by Crippen LogP contribution is 2.42. The van der Waals surface area contributed by atoms with E-state index in [1.165, 1.54) is 35.3 Å². The monoisotopic (exact) mass is 589 g/mol. The third kappa shape index (κ3) is 9.58. The van der Waals surface area contributed by atoms with Crippen molar-refractivity contribution in [3.8, 4) is 0 Å². The molecule has 43 heavy (non-hydrogen) atoms. The maximum Gasteiger partial charge on any atom is 0.410 e. The van der Waals surface area contributed by atoms with Crippen molar-refractivity contribution in [2.24, 2.45) is 16.8 Å². The standard InChI is InChI=1S/C38H59N3O2/c1-11-30-18-17-20-31(12-2)33(24-30)19-15-16-21-35(39-14-4)36(34(13-3)32-22-23-32)29(7)40-25-28(6)41(26-27(40)5)37(42)43-38(8,9)10/h13-14,17-18,20,24,27-28,31-32H,4,11-12,15-16,19,21-23,25-26H2,1-3,5-10H3/b34-13-,36-29+,39-35?/t27?,28-,31?/m1/s1. The van der Waals surface area contributed by atoms with Crippen LogP contribution in [0.2, 0.25) is 0 Å². The summed E-state index contributed by atoms with van der Waals surface area (Å²) in [5.41, 5.74) is 7.63. The molecule has 0 radical (unpaired) electrons. The van der Waals surface area contributed by atoms with Gasteiger partial charge in [-0.25, -0.2) is 4.79 Å². The van der Waals surface area contributed by atoms with Crippen LogP contribution < -0.4 is 0 Å². The van der Waals surface area contributed by atoms with E-state index in [1.807, 2.05) is 25.7 Å². The Bertz CT molecular complexity index is 1170. The topological polar surface area (TPSA) is 45.1 Å². The smallest absolute Gasteiger partial charge is 0.410 e. The second-order valence-corrected chi connectivity index (χ2v) is 13.6. The molecule has 2 fully saturated rings. The van der Waals surface area contributed by atoms with E-state index < -0.39 is 5.60 Å². The number of amides is 1. The molecule has 0 aromatic rings. The van der Waals surface area contributed by atoms with Crippen LogP contribution >= 0.6 is 0 Å². The maximum absolute atomic E-state index is 13.0. The predicted molar refractivity (Wildman–Crippen MR) is 183 cm³/mol. The zero-order valence-corrected chi connectivity index (χ0v) is 28.7. The molecule has 3 aliphatic rings. The van der Waals surface area contributed by atoms with Gasteiger partial charge in [0.05, 0.1) is 0 Å². The van der Waals surface area contributed by atoms with Crippen molar-refractivity contribution in [2.75, 3.05) is 13.1 Å². The first-order valence-corrected chi connectivity index (χ1v) is 16.8. The van der Waals surface area contributed by atoms with E-state index in [-0.39, 0.29) is 18.2 Å². The molecule has 1 amide bonds. The van der Waals surface area contributed by atoms with Crippen molar-refractivity contribution in [1.82, 2.24) is 9.80 Å². The van der Waals surface area contributed by atoms with Crippen molar-refractivity contribution >= 4 is 11.8 Å². The number of carbonyl (C=O) groups is 1. The van der Waals surface area contributed by atoms with E-state index in [4.69, 9.17) is 9.73 Å². The van der Waals surface area contributed by atoms with Gasteiger partial charge < -0.3 is 14.5 Å². The molecular weight excluding hydrogens is 530 g/mol. The Labute approximate surface area is 263 Å². The van der Waals surface area contributed by atoms with Crippen molar-refractivity contribution in [2.45, 2.75) is 131 Å². The van der Waals surface area contributed by atoms with Crippen LogP contribution in [0.1, 0.15) is 114 Å². The molecule has 3 atom stereocenters. The Morgan fingerprint density at radius 1 is 1.12 bits per heavy atom. The fraction of sp³-hybridized carbons (Fsp3) is 0.632. The number of rotatable bonds is 12. The van der Waals surface area contributed by atoms with Gasteiger partial charge in [-0.05, 0) is 123 Å². The summed E-state index contributed by atoms with van der Waals surface area (Å²) < 4.78 is 5.74. The normalized spacial score (nSPS) is 24.3. The van der Waals surface area contributed by atoms with E-state index in [0.29, 0.717) is 18.4 Å². The molecule has 0 spiro atoms. The van der Waals surface area contributed by atoms with E-state index in [2.05, 4.69) is 83.4 Å². The summed E-state index contributed by atoms with van der Waals surface area (Å²) in [6.45, 7) is 24.5. The third-order valence-electron chi connectivity index (χ3n) is 9.04. The number of hydrogen-bond acceptors (Lipinski definition) is 4. The molecule has 1 heterocycles. The first kappa shape index (κ1) is 34.7. The molecule has 1 saturated carbocycles. The molecule has 0 N–H and O–H groups in total. The summed E-state index contributed by atoms with van der Waals surface area (Å²) >= 11 is 0. The Morgan fingerprint density at radius 2 is 1.79 bits per heavy atom. The summed E-state index contributed by atoms with van der Waals surface area (Å²) in [6, 6.07) is 0.218. The molecule has 0 bridgehead atoms. The van der Waals surface area contributed by atoms with Crippen molar-refractivity contribution in [3.63, 3.8) is 0 Å². The lowest BCUT2D eigenvalue weighted by Gasteiger charge is -2.46. The fourth-order valence-corrected chi connectivity index (χ4v) is 6.57. The molecule has 3 rings (SSSR count). The molecule has 5 nitrogen and oxygen atoms in total. The highest BCUT2D eigenvalue weighted by Gasteiger charge is 2.37. The molecule has 1 aliphatic heterocycles. The lowest BCUT2D eigenvalue weighted by atomic mass is 9.88. The van der Waals surface area contributed by atoms with Gasteiger partial charge in [-0.2, -0.15) is 0 Å². The Balaban J connectivity index is 1.83. The number of nitrogens with zero attached hydrogens (tertiary/aromatic N) is 3. The van der Waals surface area contributed by atoms with Crippen molar-refractivity contribution in [3.05, 3.63) is 71.1 Å². The van der Waals surface area contributed by atoms with Gasteiger partial charge in [-0.3, -0.25) is 4.99 Å². The van der Waals surface area contributed by atoms with Gasteiger partial charge in [0.25, 0.3) is 0 Å². The summed E-state index contributed by atoms with van der Waals surface area (Å²) in [6.07, 6.45) is 22.2. The van der Waals surface area contributed by atoms with Gasteiger partial charge in [0.15, 0.2) is 0 Å². The fourth-order valence-electron chi connectivity index (χ4n) is 6.57. The quantitative estimate of drug-likeness (QED) is 0.129. The van der Waals surface area contributed by atoms with Gasteiger partial charge in [0, 0.05) is 48.4 Å². The summed E-state index contributed by atoms with van der Waals surface area (Å²) in [4.78, 5) is 22.3. The Morgan fingerprint density at radius 3 is 2.37 bits per heavy atom. The van der Waals surface area contributed by atoms with E-state index in [9.17, 15) is 4.79 Å². The minimum Gasteiger partial charge on any atom is -0.444 e. The first-order valence-electron chi connectivity index (χ1n) is 16.8. The van der Waals surface area contributed by atoms with Crippen LogP contribution in [0.4, 0.5) is 4.79 Å². The zero-order chi connectivity index (χ0) is 31.7. The molecule has 2 unspecified atom stereocenters. The molecule has 5 heteroatoms. The second kappa shape index (κ2) is 15.8. The van der Waals surface area contributed by atoms with E-state index in [0.717, 1.165) is 50.8 Å². The van der Waals surface area contributed by atoms with Crippen LogP contribution in [0, 0.1) is 11.8 Å². The van der Waals surface area contributed by atoms with Gasteiger partial charge >= 0.3 is 6.09 Å². The van der Waals surface area contributed by atoms with Gasteiger partial charge in [-0.1, -0.05) is 56.4 Å². The van der Waals surface area contributed by atoms with Crippen LogP contribution in [0.5, 0.6) is 0 Å². The van der Waals surface area contributed by atoms with E-state index in [1.54, 1.807) is 11.8 Å². The molecule has 2 aliphatic carbocycles. The number of allylic oxidation sites excluding steroid dienone is 10.